The fourth-order valence-electron chi connectivity index (χ4n) is 2.94. The largest absolute Gasteiger partial charge is 0.347 e. The molecule has 1 amide bonds. The van der Waals surface area contributed by atoms with Crippen molar-refractivity contribution in [1.29, 1.82) is 0 Å². The van der Waals surface area contributed by atoms with Gasteiger partial charge in [-0.3, -0.25) is 9.69 Å². The fraction of sp³-hybridized carbons (Fsp3) is 0.353. The molecule has 1 aliphatic heterocycles. The first-order valence-electron chi connectivity index (χ1n) is 7.32. The molecule has 1 saturated heterocycles. The van der Waals surface area contributed by atoms with Crippen LogP contribution in [0.25, 0.3) is 0 Å². The highest BCUT2D eigenvalue weighted by Gasteiger charge is 2.29. The lowest BCUT2D eigenvalue weighted by Gasteiger charge is -2.39. The quantitative estimate of drug-likeness (QED) is 0.845. The molecule has 2 aromatic rings. The van der Waals surface area contributed by atoms with E-state index in [1.54, 1.807) is 0 Å². The van der Waals surface area contributed by atoms with Gasteiger partial charge >= 0.3 is 0 Å². The van der Waals surface area contributed by atoms with Crippen LogP contribution in [0.3, 0.4) is 0 Å². The lowest BCUT2D eigenvalue weighted by molar-refractivity contribution is 0.0537. The van der Waals surface area contributed by atoms with E-state index in [1.807, 2.05) is 40.9 Å². The molecule has 0 saturated carbocycles. The van der Waals surface area contributed by atoms with Gasteiger partial charge < -0.3 is 9.47 Å². The Labute approximate surface area is 125 Å². The van der Waals surface area contributed by atoms with E-state index in [0.29, 0.717) is 0 Å². The van der Waals surface area contributed by atoms with Crippen LogP contribution in [0.4, 0.5) is 0 Å². The molecule has 1 aromatic heterocycles. The molecule has 4 heteroatoms. The van der Waals surface area contributed by atoms with Crippen LogP contribution in [-0.2, 0) is 7.05 Å². The van der Waals surface area contributed by atoms with Crippen LogP contribution in [0, 0.1) is 0 Å². The van der Waals surface area contributed by atoms with Gasteiger partial charge in [-0.15, -0.1) is 0 Å². The Bertz CT molecular complexity index is 620. The molecule has 110 valence electrons. The average molecular weight is 283 g/mol. The first kappa shape index (κ1) is 13.9. The van der Waals surface area contributed by atoms with Crippen LogP contribution >= 0.6 is 0 Å². The van der Waals surface area contributed by atoms with E-state index in [4.69, 9.17) is 0 Å². The third-order valence-electron chi connectivity index (χ3n) is 4.28. The standard InChI is InChI=1S/C17H21N3O/c1-18-10-6-9-15(18)17(21)20-12-11-19(2)16(13-20)14-7-4-3-5-8-14/h3-10,16H,11-13H2,1-2H3/t16-/m0/s1. The maximum absolute atomic E-state index is 12.7. The highest BCUT2D eigenvalue weighted by molar-refractivity contribution is 5.92. The van der Waals surface area contributed by atoms with Crippen molar-refractivity contribution in [3.63, 3.8) is 0 Å². The minimum Gasteiger partial charge on any atom is -0.347 e. The van der Waals surface area contributed by atoms with E-state index in [1.165, 1.54) is 5.56 Å². The Morgan fingerprint density at radius 3 is 2.48 bits per heavy atom. The zero-order valence-corrected chi connectivity index (χ0v) is 12.6. The van der Waals surface area contributed by atoms with Gasteiger partial charge in [0.05, 0.1) is 6.04 Å². The summed E-state index contributed by atoms with van der Waals surface area (Å²) in [5.41, 5.74) is 2.02. The molecule has 1 aromatic carbocycles. The first-order valence-corrected chi connectivity index (χ1v) is 7.32. The Kier molecular flexibility index (Phi) is 3.80. The summed E-state index contributed by atoms with van der Waals surface area (Å²) in [7, 11) is 4.04. The third kappa shape index (κ3) is 2.72. The normalized spacial score (nSPS) is 19.7. The number of aromatic nitrogens is 1. The lowest BCUT2D eigenvalue weighted by atomic mass is 10.0. The number of carbonyl (C=O) groups is 1. The van der Waals surface area contributed by atoms with E-state index in [2.05, 4.69) is 36.2 Å². The number of carbonyl (C=O) groups excluding carboxylic acids is 1. The second-order valence-corrected chi connectivity index (χ2v) is 5.66. The van der Waals surface area contributed by atoms with Gasteiger partial charge in [-0.2, -0.15) is 0 Å². The monoisotopic (exact) mass is 283 g/mol. The topological polar surface area (TPSA) is 28.5 Å². The van der Waals surface area contributed by atoms with Gasteiger partial charge in [0.1, 0.15) is 5.69 Å². The minimum absolute atomic E-state index is 0.122. The average Bonchev–Trinajstić information content (AvgIpc) is 2.94. The number of piperazine rings is 1. The zero-order chi connectivity index (χ0) is 14.8. The van der Waals surface area contributed by atoms with E-state index in [-0.39, 0.29) is 11.9 Å². The Hall–Kier alpha value is -2.07. The molecule has 21 heavy (non-hydrogen) atoms. The molecule has 1 aliphatic rings. The maximum atomic E-state index is 12.7. The highest BCUT2D eigenvalue weighted by atomic mass is 16.2. The maximum Gasteiger partial charge on any atom is 0.270 e. The van der Waals surface area contributed by atoms with Crippen molar-refractivity contribution in [3.05, 3.63) is 59.9 Å². The molecule has 0 radical (unpaired) electrons. The number of hydrogen-bond donors (Lipinski definition) is 0. The predicted molar refractivity (Wildman–Crippen MR) is 83.1 cm³/mol. The molecule has 3 rings (SSSR count). The SMILES string of the molecule is CN1CCN(C(=O)c2cccn2C)C[C@H]1c1ccccc1. The third-order valence-corrected chi connectivity index (χ3v) is 4.28. The van der Waals surface area contributed by atoms with E-state index in [9.17, 15) is 4.79 Å². The van der Waals surface area contributed by atoms with Gasteiger partial charge in [-0.25, -0.2) is 0 Å². The summed E-state index contributed by atoms with van der Waals surface area (Å²) in [5.74, 6) is 0.122. The van der Waals surface area contributed by atoms with Crippen molar-refractivity contribution in [2.24, 2.45) is 7.05 Å². The number of benzene rings is 1. The van der Waals surface area contributed by atoms with Crippen LogP contribution in [-0.4, -0.2) is 47.0 Å². The van der Waals surface area contributed by atoms with Crippen molar-refractivity contribution < 1.29 is 4.79 Å². The highest BCUT2D eigenvalue weighted by Crippen LogP contribution is 2.24. The Morgan fingerprint density at radius 2 is 1.81 bits per heavy atom. The van der Waals surface area contributed by atoms with Crippen molar-refractivity contribution >= 4 is 5.91 Å². The molecular formula is C17H21N3O. The molecule has 0 bridgehead atoms. The van der Waals surface area contributed by atoms with E-state index in [0.717, 1.165) is 25.3 Å². The molecule has 4 nitrogen and oxygen atoms in total. The Morgan fingerprint density at radius 1 is 1.05 bits per heavy atom. The van der Waals surface area contributed by atoms with Crippen molar-refractivity contribution in [1.82, 2.24) is 14.4 Å². The van der Waals surface area contributed by atoms with Crippen LogP contribution < -0.4 is 0 Å². The van der Waals surface area contributed by atoms with Crippen LogP contribution in [0.1, 0.15) is 22.1 Å². The van der Waals surface area contributed by atoms with Crippen LogP contribution in [0.5, 0.6) is 0 Å². The number of nitrogens with zero attached hydrogens (tertiary/aromatic N) is 3. The second kappa shape index (κ2) is 5.74. The molecular weight excluding hydrogens is 262 g/mol. The Balaban J connectivity index is 1.80. The van der Waals surface area contributed by atoms with Gasteiger partial charge in [0, 0.05) is 32.9 Å². The lowest BCUT2D eigenvalue weighted by Crippen LogP contribution is -2.49. The van der Waals surface area contributed by atoms with Crippen molar-refractivity contribution in [3.8, 4) is 0 Å². The van der Waals surface area contributed by atoms with Gasteiger partial charge in [-0.1, -0.05) is 30.3 Å². The molecule has 0 spiro atoms. The minimum atomic E-state index is 0.122. The van der Waals surface area contributed by atoms with Crippen LogP contribution in [0.2, 0.25) is 0 Å². The van der Waals surface area contributed by atoms with Crippen molar-refractivity contribution in [2.45, 2.75) is 6.04 Å². The number of aryl methyl sites for hydroxylation is 1. The summed E-state index contributed by atoms with van der Waals surface area (Å²) in [6, 6.07) is 14.5. The molecule has 0 aliphatic carbocycles. The fourth-order valence-corrected chi connectivity index (χ4v) is 2.94. The van der Waals surface area contributed by atoms with Crippen molar-refractivity contribution in [2.75, 3.05) is 26.7 Å². The van der Waals surface area contributed by atoms with E-state index < -0.39 is 0 Å². The smallest absolute Gasteiger partial charge is 0.270 e. The number of rotatable bonds is 2. The zero-order valence-electron chi connectivity index (χ0n) is 12.6. The summed E-state index contributed by atoms with van der Waals surface area (Å²) in [4.78, 5) is 16.9. The molecule has 0 N–H and O–H groups in total. The molecule has 1 fully saturated rings. The summed E-state index contributed by atoms with van der Waals surface area (Å²) in [5, 5.41) is 0. The van der Waals surface area contributed by atoms with Gasteiger partial charge in [0.15, 0.2) is 0 Å². The van der Waals surface area contributed by atoms with Gasteiger partial charge in [0.2, 0.25) is 0 Å². The second-order valence-electron chi connectivity index (χ2n) is 5.66. The summed E-state index contributed by atoms with van der Waals surface area (Å²) < 4.78 is 1.89. The number of likely N-dealkylation sites (N-methyl/N-ethyl adjacent to an activating group) is 1. The summed E-state index contributed by atoms with van der Waals surface area (Å²) in [6.07, 6.45) is 1.91. The van der Waals surface area contributed by atoms with E-state index >= 15 is 0 Å². The predicted octanol–water partition coefficient (Wildman–Crippen LogP) is 2.15. The number of hydrogen-bond acceptors (Lipinski definition) is 2. The molecule has 0 unspecified atom stereocenters. The molecule has 2 heterocycles. The van der Waals surface area contributed by atoms with Gasteiger partial charge in [0.25, 0.3) is 5.91 Å². The van der Waals surface area contributed by atoms with Crippen LogP contribution in [0.15, 0.2) is 48.7 Å². The van der Waals surface area contributed by atoms with Gasteiger partial charge in [-0.05, 0) is 24.7 Å². The molecule has 1 atom stereocenters. The summed E-state index contributed by atoms with van der Waals surface area (Å²) >= 11 is 0. The summed E-state index contributed by atoms with van der Waals surface area (Å²) in [6.45, 7) is 2.42. The number of amides is 1. The first-order chi connectivity index (χ1) is 10.2.